The van der Waals surface area contributed by atoms with E-state index in [0.717, 1.165) is 25.8 Å². The summed E-state index contributed by atoms with van der Waals surface area (Å²) in [6, 6.07) is 0.895. The van der Waals surface area contributed by atoms with Gasteiger partial charge in [-0.15, -0.1) is 0 Å². The number of nitrogens with zero attached hydrogens (tertiary/aromatic N) is 1. The molecule has 0 aromatic heterocycles. The Morgan fingerprint density at radius 1 is 1.25 bits per heavy atom. The molecule has 0 aliphatic carbocycles. The molecular formula is C16H34N2O2. The molecule has 120 valence electrons. The van der Waals surface area contributed by atoms with Crippen LogP contribution in [0.25, 0.3) is 0 Å². The van der Waals surface area contributed by atoms with Gasteiger partial charge in [-0.05, 0) is 53.6 Å². The zero-order chi connectivity index (χ0) is 15.8. The lowest BCUT2D eigenvalue weighted by Gasteiger charge is -2.37. The van der Waals surface area contributed by atoms with E-state index < -0.39 is 5.54 Å². The van der Waals surface area contributed by atoms with E-state index in [4.69, 9.17) is 4.74 Å². The Morgan fingerprint density at radius 2 is 1.80 bits per heavy atom. The largest absolute Gasteiger partial charge is 0.465 e. The second kappa shape index (κ2) is 9.35. The standard InChI is InChI=1S/C16H34N2O2/c1-8-14(9-2)18(7)13(5)12-16(6,17-10-3)15(19)20-11-4/h13-14,17H,8-12H2,1-7H3. The summed E-state index contributed by atoms with van der Waals surface area (Å²) in [5.74, 6) is -0.147. The summed E-state index contributed by atoms with van der Waals surface area (Å²) in [6.07, 6.45) is 3.02. The van der Waals surface area contributed by atoms with Crippen molar-refractivity contribution in [1.82, 2.24) is 10.2 Å². The predicted octanol–water partition coefficient (Wildman–Crippen LogP) is 2.82. The molecule has 4 nitrogen and oxygen atoms in total. The Morgan fingerprint density at radius 3 is 2.20 bits per heavy atom. The molecule has 0 aromatic rings. The summed E-state index contributed by atoms with van der Waals surface area (Å²) >= 11 is 0. The van der Waals surface area contributed by atoms with Crippen molar-refractivity contribution in [3.8, 4) is 0 Å². The molecular weight excluding hydrogens is 252 g/mol. The molecule has 0 radical (unpaired) electrons. The van der Waals surface area contributed by atoms with Gasteiger partial charge in [-0.2, -0.15) is 0 Å². The first-order valence-electron chi connectivity index (χ1n) is 8.00. The smallest absolute Gasteiger partial charge is 0.326 e. The third-order valence-corrected chi connectivity index (χ3v) is 4.21. The average Bonchev–Trinajstić information content (AvgIpc) is 2.40. The van der Waals surface area contributed by atoms with E-state index in [1.165, 1.54) is 0 Å². The molecule has 2 atom stereocenters. The number of carbonyl (C=O) groups excluding carboxylic acids is 1. The number of likely N-dealkylation sites (N-methyl/N-ethyl adjacent to an activating group) is 1. The van der Waals surface area contributed by atoms with Gasteiger partial charge in [0.1, 0.15) is 5.54 Å². The van der Waals surface area contributed by atoms with Crippen molar-refractivity contribution in [3.05, 3.63) is 0 Å². The summed E-state index contributed by atoms with van der Waals surface area (Å²) in [5.41, 5.74) is -0.607. The van der Waals surface area contributed by atoms with Crippen molar-refractivity contribution in [2.24, 2.45) is 0 Å². The minimum absolute atomic E-state index is 0.147. The van der Waals surface area contributed by atoms with E-state index in [0.29, 0.717) is 18.7 Å². The molecule has 2 unspecified atom stereocenters. The topological polar surface area (TPSA) is 41.6 Å². The maximum absolute atomic E-state index is 12.2. The van der Waals surface area contributed by atoms with Gasteiger partial charge < -0.3 is 15.0 Å². The Balaban J connectivity index is 4.84. The molecule has 20 heavy (non-hydrogen) atoms. The van der Waals surface area contributed by atoms with Gasteiger partial charge >= 0.3 is 5.97 Å². The average molecular weight is 286 g/mol. The summed E-state index contributed by atoms with van der Waals surface area (Å²) in [4.78, 5) is 14.6. The molecule has 1 N–H and O–H groups in total. The van der Waals surface area contributed by atoms with Crippen LogP contribution in [-0.2, 0) is 9.53 Å². The molecule has 0 amide bonds. The van der Waals surface area contributed by atoms with Crippen LogP contribution in [0.4, 0.5) is 0 Å². The summed E-state index contributed by atoms with van der Waals surface area (Å²) in [7, 11) is 2.15. The highest BCUT2D eigenvalue weighted by atomic mass is 16.5. The van der Waals surface area contributed by atoms with Crippen LogP contribution < -0.4 is 5.32 Å². The molecule has 0 aliphatic rings. The van der Waals surface area contributed by atoms with Crippen LogP contribution in [0.3, 0.4) is 0 Å². The van der Waals surface area contributed by atoms with Gasteiger partial charge in [0.25, 0.3) is 0 Å². The monoisotopic (exact) mass is 286 g/mol. The van der Waals surface area contributed by atoms with Crippen molar-refractivity contribution in [2.75, 3.05) is 20.2 Å². The van der Waals surface area contributed by atoms with E-state index in [-0.39, 0.29) is 5.97 Å². The molecule has 0 rings (SSSR count). The number of hydrogen-bond acceptors (Lipinski definition) is 4. The van der Waals surface area contributed by atoms with Crippen molar-refractivity contribution < 1.29 is 9.53 Å². The zero-order valence-corrected chi connectivity index (χ0v) is 14.5. The fourth-order valence-electron chi connectivity index (χ4n) is 2.87. The fraction of sp³-hybridized carbons (Fsp3) is 0.938. The van der Waals surface area contributed by atoms with E-state index in [1.54, 1.807) is 0 Å². The lowest BCUT2D eigenvalue weighted by atomic mass is 9.92. The minimum Gasteiger partial charge on any atom is -0.465 e. The number of hydrogen-bond donors (Lipinski definition) is 1. The Hall–Kier alpha value is -0.610. The molecule has 0 saturated heterocycles. The molecule has 0 aliphatic heterocycles. The number of carbonyl (C=O) groups is 1. The Bertz CT molecular complexity index is 280. The third kappa shape index (κ3) is 5.41. The number of nitrogens with one attached hydrogen (secondary N) is 1. The highest BCUT2D eigenvalue weighted by Gasteiger charge is 2.36. The van der Waals surface area contributed by atoms with Gasteiger partial charge in [-0.25, -0.2) is 0 Å². The van der Waals surface area contributed by atoms with Crippen LogP contribution in [0.1, 0.15) is 60.8 Å². The molecule has 4 heteroatoms. The second-order valence-electron chi connectivity index (χ2n) is 5.77. The second-order valence-corrected chi connectivity index (χ2v) is 5.77. The van der Waals surface area contributed by atoms with E-state index in [1.807, 2.05) is 20.8 Å². The van der Waals surface area contributed by atoms with Gasteiger partial charge in [0.05, 0.1) is 6.61 Å². The van der Waals surface area contributed by atoms with Crippen molar-refractivity contribution in [1.29, 1.82) is 0 Å². The van der Waals surface area contributed by atoms with Gasteiger partial charge in [0.2, 0.25) is 0 Å². The molecule has 0 saturated carbocycles. The lowest BCUT2D eigenvalue weighted by Crippen LogP contribution is -2.54. The minimum atomic E-state index is -0.607. The summed E-state index contributed by atoms with van der Waals surface area (Å²) in [6.45, 7) is 13.6. The number of ether oxygens (including phenoxy) is 1. The van der Waals surface area contributed by atoms with Gasteiger partial charge in [-0.1, -0.05) is 20.8 Å². The fourth-order valence-corrected chi connectivity index (χ4v) is 2.87. The first kappa shape index (κ1) is 19.4. The van der Waals surface area contributed by atoms with E-state index in [9.17, 15) is 4.79 Å². The normalized spacial score (nSPS) is 16.2. The highest BCUT2D eigenvalue weighted by molar-refractivity contribution is 5.80. The van der Waals surface area contributed by atoms with Crippen molar-refractivity contribution in [3.63, 3.8) is 0 Å². The number of esters is 1. The SMILES string of the molecule is CCNC(C)(CC(C)N(C)C(CC)CC)C(=O)OCC. The van der Waals surface area contributed by atoms with Crippen molar-refractivity contribution >= 4 is 5.97 Å². The third-order valence-electron chi connectivity index (χ3n) is 4.21. The molecule has 0 spiro atoms. The first-order chi connectivity index (χ1) is 9.36. The predicted molar refractivity (Wildman–Crippen MR) is 84.9 cm³/mol. The van der Waals surface area contributed by atoms with Gasteiger partial charge in [0, 0.05) is 12.1 Å². The van der Waals surface area contributed by atoms with Crippen LogP contribution in [0, 0.1) is 0 Å². The molecule has 0 heterocycles. The maximum atomic E-state index is 12.2. The maximum Gasteiger partial charge on any atom is 0.326 e. The van der Waals surface area contributed by atoms with E-state index in [2.05, 4.69) is 38.0 Å². The molecule has 0 aromatic carbocycles. The van der Waals surface area contributed by atoms with Crippen molar-refractivity contribution in [2.45, 2.75) is 78.4 Å². The van der Waals surface area contributed by atoms with Crippen LogP contribution in [-0.4, -0.2) is 48.7 Å². The van der Waals surface area contributed by atoms with Gasteiger partial charge in [0.15, 0.2) is 0 Å². The number of rotatable bonds is 10. The van der Waals surface area contributed by atoms with Crippen LogP contribution in [0.5, 0.6) is 0 Å². The Labute approximate surface area is 125 Å². The zero-order valence-electron chi connectivity index (χ0n) is 14.5. The van der Waals surface area contributed by atoms with E-state index >= 15 is 0 Å². The quantitative estimate of drug-likeness (QED) is 0.627. The van der Waals surface area contributed by atoms with Gasteiger partial charge in [-0.3, -0.25) is 4.79 Å². The lowest BCUT2D eigenvalue weighted by molar-refractivity contribution is -0.151. The first-order valence-corrected chi connectivity index (χ1v) is 8.00. The van der Waals surface area contributed by atoms with Crippen LogP contribution in [0.2, 0.25) is 0 Å². The Kier molecular flexibility index (Phi) is 9.06. The van der Waals surface area contributed by atoms with Crippen LogP contribution in [0.15, 0.2) is 0 Å². The summed E-state index contributed by atoms with van der Waals surface area (Å²) < 4.78 is 5.23. The molecule has 0 bridgehead atoms. The molecule has 0 fully saturated rings. The van der Waals surface area contributed by atoms with Crippen LogP contribution >= 0.6 is 0 Å². The highest BCUT2D eigenvalue weighted by Crippen LogP contribution is 2.20. The summed E-state index contributed by atoms with van der Waals surface area (Å²) in [5, 5.41) is 3.30.